The third-order valence-electron chi connectivity index (χ3n) is 2.65. The normalized spacial score (nSPS) is 24.3. The maximum Gasteiger partial charge on any atom is 0.387 e. The summed E-state index contributed by atoms with van der Waals surface area (Å²) in [5.74, 6) is 1.52. The van der Waals surface area contributed by atoms with Gasteiger partial charge < -0.3 is 4.74 Å². The summed E-state index contributed by atoms with van der Waals surface area (Å²) in [7, 11) is 0. The monoisotopic (exact) mass is 276 g/mol. The molecule has 0 heterocycles. The first-order chi connectivity index (χ1) is 7.20. The molecule has 1 aliphatic carbocycles. The molecule has 1 aromatic rings. The number of rotatable bonds is 4. The predicted octanol–water partition coefficient (Wildman–Crippen LogP) is 3.79. The lowest BCUT2D eigenvalue weighted by atomic mass is 10.1. The van der Waals surface area contributed by atoms with Crippen LogP contribution in [-0.4, -0.2) is 11.9 Å². The molecule has 15 heavy (non-hydrogen) atoms. The second-order valence-corrected chi connectivity index (χ2v) is 4.35. The van der Waals surface area contributed by atoms with Gasteiger partial charge in [0.25, 0.3) is 0 Å². The number of alkyl halides is 3. The first kappa shape index (κ1) is 10.9. The largest absolute Gasteiger partial charge is 0.435 e. The summed E-state index contributed by atoms with van der Waals surface area (Å²) >= 11 is 3.44. The summed E-state index contributed by atoms with van der Waals surface area (Å²) in [6.07, 6.45) is 1.18. The maximum absolute atomic E-state index is 11.9. The van der Waals surface area contributed by atoms with Crippen LogP contribution < -0.4 is 4.74 Å². The van der Waals surface area contributed by atoms with Crippen LogP contribution in [-0.2, 0) is 0 Å². The molecule has 2 atom stereocenters. The van der Waals surface area contributed by atoms with Crippen molar-refractivity contribution < 1.29 is 13.5 Å². The van der Waals surface area contributed by atoms with E-state index in [2.05, 4.69) is 20.7 Å². The number of hydrogen-bond acceptors (Lipinski definition) is 1. The van der Waals surface area contributed by atoms with Gasteiger partial charge in [0.2, 0.25) is 0 Å². The lowest BCUT2D eigenvalue weighted by Gasteiger charge is -2.05. The number of benzene rings is 1. The van der Waals surface area contributed by atoms with E-state index in [1.54, 1.807) is 12.1 Å². The zero-order valence-electron chi connectivity index (χ0n) is 8.00. The molecule has 82 valence electrons. The van der Waals surface area contributed by atoms with E-state index in [0.29, 0.717) is 11.8 Å². The molecule has 0 saturated heterocycles. The number of halogens is 3. The Morgan fingerprint density at radius 3 is 2.47 bits per heavy atom. The highest BCUT2D eigenvalue weighted by molar-refractivity contribution is 9.09. The fourth-order valence-electron chi connectivity index (χ4n) is 1.72. The molecule has 0 bridgehead atoms. The van der Waals surface area contributed by atoms with Gasteiger partial charge in [-0.15, -0.1) is 0 Å². The van der Waals surface area contributed by atoms with E-state index in [1.165, 1.54) is 12.0 Å². The second kappa shape index (κ2) is 4.47. The quantitative estimate of drug-likeness (QED) is 0.761. The molecule has 0 aromatic heterocycles. The molecule has 0 N–H and O–H groups in total. The topological polar surface area (TPSA) is 9.23 Å². The van der Waals surface area contributed by atoms with Gasteiger partial charge in [-0.05, 0) is 36.0 Å². The van der Waals surface area contributed by atoms with Crippen LogP contribution in [0.3, 0.4) is 0 Å². The summed E-state index contributed by atoms with van der Waals surface area (Å²) in [4.78, 5) is 0. The first-order valence-corrected chi connectivity index (χ1v) is 5.93. The van der Waals surface area contributed by atoms with Gasteiger partial charge in [0.1, 0.15) is 5.75 Å². The Labute approximate surface area is 95.6 Å². The molecular formula is C11H11BrF2O. The molecule has 1 aromatic carbocycles. The third kappa shape index (κ3) is 2.68. The lowest BCUT2D eigenvalue weighted by Crippen LogP contribution is -2.01. The van der Waals surface area contributed by atoms with Crippen molar-refractivity contribution in [3.05, 3.63) is 29.8 Å². The molecule has 4 heteroatoms. The summed E-state index contributed by atoms with van der Waals surface area (Å²) in [5.41, 5.74) is 1.21. The smallest absolute Gasteiger partial charge is 0.387 e. The molecule has 0 amide bonds. The highest BCUT2D eigenvalue weighted by Crippen LogP contribution is 2.48. The van der Waals surface area contributed by atoms with Crippen LogP contribution in [0.15, 0.2) is 24.3 Å². The van der Waals surface area contributed by atoms with Crippen LogP contribution in [0.1, 0.15) is 17.9 Å². The highest BCUT2D eigenvalue weighted by Gasteiger charge is 2.36. The van der Waals surface area contributed by atoms with Crippen LogP contribution in [0.2, 0.25) is 0 Å². The van der Waals surface area contributed by atoms with Crippen molar-refractivity contribution in [2.24, 2.45) is 5.92 Å². The Balaban J connectivity index is 1.99. The van der Waals surface area contributed by atoms with E-state index < -0.39 is 6.61 Å². The standard InChI is InChI=1S/C11H11BrF2O/c12-6-8-5-10(8)7-1-3-9(4-2-7)15-11(13)14/h1-4,8,10-11H,5-6H2. The van der Waals surface area contributed by atoms with Gasteiger partial charge in [0.15, 0.2) is 0 Å². The zero-order valence-corrected chi connectivity index (χ0v) is 9.58. The fourth-order valence-corrected chi connectivity index (χ4v) is 2.44. The van der Waals surface area contributed by atoms with Crippen LogP contribution in [0, 0.1) is 5.92 Å². The number of ether oxygens (including phenoxy) is 1. The second-order valence-electron chi connectivity index (χ2n) is 3.70. The van der Waals surface area contributed by atoms with Crippen molar-refractivity contribution in [3.8, 4) is 5.75 Å². The van der Waals surface area contributed by atoms with E-state index in [0.717, 1.165) is 5.33 Å². The third-order valence-corrected chi connectivity index (χ3v) is 3.49. The van der Waals surface area contributed by atoms with Gasteiger partial charge in [-0.3, -0.25) is 0 Å². The maximum atomic E-state index is 11.9. The zero-order chi connectivity index (χ0) is 10.8. The van der Waals surface area contributed by atoms with E-state index in [-0.39, 0.29) is 5.75 Å². The molecule has 1 fully saturated rings. The molecular weight excluding hydrogens is 266 g/mol. The minimum atomic E-state index is -2.74. The molecule has 1 nitrogen and oxygen atoms in total. The van der Waals surface area contributed by atoms with Gasteiger partial charge in [-0.2, -0.15) is 8.78 Å². The average molecular weight is 277 g/mol. The van der Waals surface area contributed by atoms with Crippen molar-refractivity contribution in [3.63, 3.8) is 0 Å². The Hall–Kier alpha value is -0.640. The lowest BCUT2D eigenvalue weighted by molar-refractivity contribution is -0.0498. The van der Waals surface area contributed by atoms with Gasteiger partial charge in [0.05, 0.1) is 0 Å². The van der Waals surface area contributed by atoms with Gasteiger partial charge in [-0.1, -0.05) is 28.1 Å². The SMILES string of the molecule is FC(F)Oc1ccc(C2CC2CBr)cc1. The Morgan fingerprint density at radius 1 is 1.33 bits per heavy atom. The molecule has 0 radical (unpaired) electrons. The van der Waals surface area contributed by atoms with Gasteiger partial charge in [0, 0.05) is 5.33 Å². The van der Waals surface area contributed by atoms with Crippen molar-refractivity contribution in [2.75, 3.05) is 5.33 Å². The van der Waals surface area contributed by atoms with E-state index in [1.807, 2.05) is 12.1 Å². The summed E-state index contributed by atoms with van der Waals surface area (Å²) in [6, 6.07) is 6.94. The molecule has 2 rings (SSSR count). The highest BCUT2D eigenvalue weighted by atomic mass is 79.9. The van der Waals surface area contributed by atoms with Gasteiger partial charge in [-0.25, -0.2) is 0 Å². The number of hydrogen-bond donors (Lipinski definition) is 0. The summed E-state index contributed by atoms with van der Waals surface area (Å²) in [6.45, 7) is -2.74. The van der Waals surface area contributed by atoms with Crippen LogP contribution in [0.5, 0.6) is 5.75 Å². The fraction of sp³-hybridized carbons (Fsp3) is 0.455. The summed E-state index contributed by atoms with van der Waals surface area (Å²) in [5, 5.41) is 1.01. The van der Waals surface area contributed by atoms with Crippen LogP contribution in [0.25, 0.3) is 0 Å². The van der Waals surface area contributed by atoms with Crippen molar-refractivity contribution >= 4 is 15.9 Å². The van der Waals surface area contributed by atoms with Crippen molar-refractivity contribution in [2.45, 2.75) is 19.0 Å². The van der Waals surface area contributed by atoms with Crippen molar-refractivity contribution in [1.82, 2.24) is 0 Å². The minimum Gasteiger partial charge on any atom is -0.435 e. The molecule has 0 aliphatic heterocycles. The summed E-state index contributed by atoms with van der Waals surface area (Å²) < 4.78 is 28.0. The average Bonchev–Trinajstić information content (AvgIpc) is 2.97. The molecule has 1 saturated carbocycles. The van der Waals surface area contributed by atoms with E-state index >= 15 is 0 Å². The van der Waals surface area contributed by atoms with Gasteiger partial charge >= 0.3 is 6.61 Å². The van der Waals surface area contributed by atoms with E-state index in [9.17, 15) is 8.78 Å². The molecule has 1 aliphatic rings. The Morgan fingerprint density at radius 2 is 2.00 bits per heavy atom. The van der Waals surface area contributed by atoms with Crippen molar-refractivity contribution in [1.29, 1.82) is 0 Å². The molecule has 2 unspecified atom stereocenters. The predicted molar refractivity (Wildman–Crippen MR) is 57.7 cm³/mol. The Kier molecular flexibility index (Phi) is 3.24. The van der Waals surface area contributed by atoms with Crippen LogP contribution in [0.4, 0.5) is 8.78 Å². The Bertz CT molecular complexity index is 326. The van der Waals surface area contributed by atoms with Crippen LogP contribution >= 0.6 is 15.9 Å². The first-order valence-electron chi connectivity index (χ1n) is 4.81. The molecule has 0 spiro atoms. The minimum absolute atomic E-state index is 0.227. The van der Waals surface area contributed by atoms with E-state index in [4.69, 9.17) is 0 Å².